The van der Waals surface area contributed by atoms with E-state index in [4.69, 9.17) is 9.84 Å². The molecule has 0 heterocycles. The molecule has 0 aromatic heterocycles. The molecule has 1 fully saturated rings. The number of carbonyl (C=O) groups is 3. The van der Waals surface area contributed by atoms with Gasteiger partial charge in [0.2, 0.25) is 5.91 Å². The molecule has 0 radical (unpaired) electrons. The van der Waals surface area contributed by atoms with Gasteiger partial charge < -0.3 is 25.8 Å². The van der Waals surface area contributed by atoms with Crippen LogP contribution in [-0.2, 0) is 14.3 Å². The van der Waals surface area contributed by atoms with Crippen molar-refractivity contribution in [2.45, 2.75) is 44.2 Å². The highest BCUT2D eigenvalue weighted by molar-refractivity contribution is 5.77. The van der Waals surface area contributed by atoms with Gasteiger partial charge in [0, 0.05) is 32.7 Å². The number of urea groups is 1. The molecule has 1 aliphatic carbocycles. The zero-order valence-electron chi connectivity index (χ0n) is 12.2. The van der Waals surface area contributed by atoms with Crippen molar-refractivity contribution < 1.29 is 24.2 Å². The van der Waals surface area contributed by atoms with Crippen LogP contribution < -0.4 is 16.0 Å². The van der Waals surface area contributed by atoms with Gasteiger partial charge in [0.15, 0.2) is 0 Å². The van der Waals surface area contributed by atoms with Crippen molar-refractivity contribution in [2.75, 3.05) is 20.2 Å². The molecule has 0 saturated heterocycles. The lowest BCUT2D eigenvalue weighted by molar-refractivity contribution is -0.139. The molecular formula is C13H23N3O5. The zero-order chi connectivity index (χ0) is 15.7. The first kappa shape index (κ1) is 17.2. The van der Waals surface area contributed by atoms with E-state index in [1.54, 1.807) is 0 Å². The molecule has 0 aliphatic heterocycles. The topological polar surface area (TPSA) is 117 Å². The minimum absolute atomic E-state index is 0.0145. The minimum atomic E-state index is -0.981. The number of carboxylic acid groups (broad SMARTS) is 1. The van der Waals surface area contributed by atoms with Gasteiger partial charge in [-0.3, -0.25) is 9.59 Å². The highest BCUT2D eigenvalue weighted by Crippen LogP contribution is 2.18. The molecule has 0 aromatic rings. The Kier molecular flexibility index (Phi) is 7.52. The van der Waals surface area contributed by atoms with Crippen molar-refractivity contribution in [3.63, 3.8) is 0 Å². The monoisotopic (exact) mass is 301 g/mol. The van der Waals surface area contributed by atoms with Crippen LogP contribution in [0.25, 0.3) is 0 Å². The van der Waals surface area contributed by atoms with Crippen molar-refractivity contribution in [3.05, 3.63) is 0 Å². The summed E-state index contributed by atoms with van der Waals surface area (Å²) in [6.07, 6.45) is 2.34. The van der Waals surface area contributed by atoms with E-state index in [0.29, 0.717) is 25.4 Å². The summed E-state index contributed by atoms with van der Waals surface area (Å²) in [5.74, 6) is -0.966. The maximum atomic E-state index is 11.5. The molecule has 1 saturated carbocycles. The summed E-state index contributed by atoms with van der Waals surface area (Å²) < 4.78 is 4.94. The van der Waals surface area contributed by atoms with E-state index in [0.717, 1.165) is 12.8 Å². The number of carboxylic acids is 1. The molecule has 8 heteroatoms. The van der Waals surface area contributed by atoms with Gasteiger partial charge in [-0.2, -0.15) is 0 Å². The third-order valence-corrected chi connectivity index (χ3v) is 3.03. The molecule has 1 rings (SSSR count). The molecule has 8 nitrogen and oxygen atoms in total. The van der Waals surface area contributed by atoms with Gasteiger partial charge in [-0.15, -0.1) is 0 Å². The van der Waals surface area contributed by atoms with Gasteiger partial charge in [0.05, 0.1) is 12.5 Å². The van der Waals surface area contributed by atoms with E-state index in [1.165, 1.54) is 7.11 Å². The number of rotatable bonds is 10. The Balaban J connectivity index is 2.01. The smallest absolute Gasteiger partial charge is 0.314 e. The Morgan fingerprint density at radius 3 is 2.57 bits per heavy atom. The Morgan fingerprint density at radius 2 is 2.00 bits per heavy atom. The van der Waals surface area contributed by atoms with Gasteiger partial charge in [-0.05, 0) is 19.3 Å². The highest BCUT2D eigenvalue weighted by atomic mass is 16.5. The van der Waals surface area contributed by atoms with Crippen molar-refractivity contribution >= 4 is 17.9 Å². The molecule has 0 bridgehead atoms. The van der Waals surface area contributed by atoms with Crippen LogP contribution in [0, 0.1) is 0 Å². The van der Waals surface area contributed by atoms with Crippen molar-refractivity contribution in [1.29, 1.82) is 0 Å². The van der Waals surface area contributed by atoms with Gasteiger partial charge in [-0.25, -0.2) is 4.79 Å². The fraction of sp³-hybridized carbons (Fsp3) is 0.769. The van der Waals surface area contributed by atoms with Crippen LogP contribution in [0.1, 0.15) is 32.1 Å². The number of carbonyl (C=O) groups excluding carboxylic acids is 2. The summed E-state index contributed by atoms with van der Waals surface area (Å²) in [5.41, 5.74) is 0. The lowest BCUT2D eigenvalue weighted by atomic mass is 10.2. The molecule has 120 valence electrons. The molecule has 21 heavy (non-hydrogen) atoms. The zero-order valence-corrected chi connectivity index (χ0v) is 12.2. The first-order valence-electron chi connectivity index (χ1n) is 7.07. The van der Waals surface area contributed by atoms with E-state index < -0.39 is 18.1 Å². The summed E-state index contributed by atoms with van der Waals surface area (Å²) >= 11 is 0. The summed E-state index contributed by atoms with van der Waals surface area (Å²) in [4.78, 5) is 33.4. The van der Waals surface area contributed by atoms with Crippen molar-refractivity contribution in [1.82, 2.24) is 16.0 Å². The number of ether oxygens (including phenoxy) is 1. The number of amides is 3. The second-order valence-corrected chi connectivity index (χ2v) is 5.04. The third-order valence-electron chi connectivity index (χ3n) is 3.03. The van der Waals surface area contributed by atoms with Crippen LogP contribution >= 0.6 is 0 Å². The Hall–Kier alpha value is -1.83. The Morgan fingerprint density at radius 1 is 1.29 bits per heavy atom. The molecule has 4 N–H and O–H groups in total. The first-order valence-corrected chi connectivity index (χ1v) is 7.07. The average molecular weight is 301 g/mol. The molecule has 0 aromatic carbocycles. The second kappa shape index (κ2) is 9.17. The van der Waals surface area contributed by atoms with E-state index in [2.05, 4.69) is 16.0 Å². The minimum Gasteiger partial charge on any atom is -0.481 e. The van der Waals surface area contributed by atoms with Gasteiger partial charge in [-0.1, -0.05) is 0 Å². The van der Waals surface area contributed by atoms with Crippen LogP contribution in [0.3, 0.4) is 0 Å². The largest absolute Gasteiger partial charge is 0.481 e. The van der Waals surface area contributed by atoms with Gasteiger partial charge in [0.25, 0.3) is 0 Å². The quantitative estimate of drug-likeness (QED) is 0.418. The van der Waals surface area contributed by atoms with E-state index in [-0.39, 0.29) is 18.9 Å². The van der Waals surface area contributed by atoms with E-state index >= 15 is 0 Å². The van der Waals surface area contributed by atoms with Crippen molar-refractivity contribution in [2.24, 2.45) is 0 Å². The normalized spacial score (nSPS) is 15.1. The molecule has 1 unspecified atom stereocenters. The predicted molar refractivity (Wildman–Crippen MR) is 74.8 cm³/mol. The lowest BCUT2D eigenvalue weighted by Gasteiger charge is -2.14. The number of aliphatic carboxylic acids is 1. The van der Waals surface area contributed by atoms with E-state index in [9.17, 15) is 14.4 Å². The predicted octanol–water partition coefficient (Wildman–Crippen LogP) is -0.166. The van der Waals surface area contributed by atoms with Crippen molar-refractivity contribution in [3.8, 4) is 0 Å². The fourth-order valence-corrected chi connectivity index (χ4v) is 1.68. The second-order valence-electron chi connectivity index (χ2n) is 5.04. The fourth-order valence-electron chi connectivity index (χ4n) is 1.68. The SMILES string of the molecule is COC(CNC(=O)NCCCC(=O)NC1CC1)CC(=O)O. The molecular weight excluding hydrogens is 278 g/mol. The summed E-state index contributed by atoms with van der Waals surface area (Å²) in [5, 5.41) is 16.6. The third kappa shape index (κ3) is 8.85. The van der Waals surface area contributed by atoms with Crippen LogP contribution in [0.4, 0.5) is 4.79 Å². The molecule has 0 spiro atoms. The molecule has 1 atom stereocenters. The van der Waals surface area contributed by atoms with E-state index in [1.807, 2.05) is 0 Å². The lowest BCUT2D eigenvalue weighted by Crippen LogP contribution is -2.41. The Labute approximate surface area is 123 Å². The number of methoxy groups -OCH3 is 1. The number of nitrogens with one attached hydrogen (secondary N) is 3. The average Bonchev–Trinajstić information content (AvgIpc) is 3.23. The van der Waals surface area contributed by atoms with Crippen LogP contribution in [0.5, 0.6) is 0 Å². The van der Waals surface area contributed by atoms with Gasteiger partial charge >= 0.3 is 12.0 Å². The van der Waals surface area contributed by atoms with Crippen LogP contribution in [0.15, 0.2) is 0 Å². The summed E-state index contributed by atoms with van der Waals surface area (Å²) in [7, 11) is 1.39. The standard InChI is InChI=1S/C13H23N3O5/c1-21-10(7-12(18)19)8-15-13(20)14-6-2-3-11(17)16-9-4-5-9/h9-10H,2-8H2,1H3,(H,16,17)(H,18,19)(H2,14,15,20). The molecule has 1 aliphatic rings. The Bertz CT molecular complexity index is 371. The highest BCUT2D eigenvalue weighted by Gasteiger charge is 2.22. The maximum Gasteiger partial charge on any atom is 0.314 e. The summed E-state index contributed by atoms with van der Waals surface area (Å²) in [6, 6.07) is -0.0426. The van der Waals surface area contributed by atoms with Crippen LogP contribution in [0.2, 0.25) is 0 Å². The molecule has 3 amide bonds. The number of hydrogen-bond acceptors (Lipinski definition) is 4. The van der Waals surface area contributed by atoms with Crippen LogP contribution in [-0.4, -0.2) is 55.4 Å². The van der Waals surface area contributed by atoms with Gasteiger partial charge in [0.1, 0.15) is 0 Å². The first-order chi connectivity index (χ1) is 10.0. The number of hydrogen-bond donors (Lipinski definition) is 4. The summed E-state index contributed by atoms with van der Waals surface area (Å²) in [6.45, 7) is 0.511. The maximum absolute atomic E-state index is 11.5.